The Balaban J connectivity index is 2.36. The number of halogens is 1. The van der Waals surface area contributed by atoms with Gasteiger partial charge in [0.2, 0.25) is 0 Å². The van der Waals surface area contributed by atoms with Crippen molar-refractivity contribution in [2.24, 2.45) is 7.05 Å². The van der Waals surface area contributed by atoms with Crippen LogP contribution in [-0.4, -0.2) is 20.8 Å². The van der Waals surface area contributed by atoms with Crippen molar-refractivity contribution in [1.82, 2.24) is 9.78 Å². The van der Waals surface area contributed by atoms with Gasteiger partial charge in [0.05, 0.1) is 10.2 Å². The Morgan fingerprint density at radius 1 is 1.36 bits per heavy atom. The summed E-state index contributed by atoms with van der Waals surface area (Å²) >= 11 is 3.40. The number of carbonyl (C=O) groups excluding carboxylic acids is 1. The minimum absolute atomic E-state index is 0.167. The first kappa shape index (κ1) is 16.5. The highest BCUT2D eigenvalue weighted by Crippen LogP contribution is 2.31. The van der Waals surface area contributed by atoms with Gasteiger partial charge in [-0.1, -0.05) is 13.8 Å². The van der Waals surface area contributed by atoms with Gasteiger partial charge < -0.3 is 10.4 Å². The summed E-state index contributed by atoms with van der Waals surface area (Å²) in [4.78, 5) is 12.4. The second-order valence-electron chi connectivity index (χ2n) is 5.71. The second-order valence-corrected chi connectivity index (χ2v) is 6.50. The van der Waals surface area contributed by atoms with E-state index in [4.69, 9.17) is 0 Å². The van der Waals surface area contributed by atoms with Crippen LogP contribution in [0.2, 0.25) is 0 Å². The molecule has 2 rings (SSSR count). The number of aryl methyl sites for hydroxylation is 2. The number of amides is 1. The van der Waals surface area contributed by atoms with Crippen LogP contribution in [0.15, 0.2) is 16.6 Å². The van der Waals surface area contributed by atoms with Crippen LogP contribution < -0.4 is 5.32 Å². The van der Waals surface area contributed by atoms with Crippen molar-refractivity contribution in [3.8, 4) is 5.75 Å². The SMILES string of the molecule is Cc1cc(O)c(C(C)C)cc1NC(=O)c1nn(C)c(C)c1Br. The molecule has 0 aliphatic heterocycles. The van der Waals surface area contributed by atoms with E-state index in [1.807, 2.05) is 33.8 Å². The Morgan fingerprint density at radius 2 is 2.00 bits per heavy atom. The minimum atomic E-state index is -0.279. The Kier molecular flexibility index (Phi) is 4.60. The maximum Gasteiger partial charge on any atom is 0.277 e. The van der Waals surface area contributed by atoms with E-state index >= 15 is 0 Å². The van der Waals surface area contributed by atoms with Gasteiger partial charge >= 0.3 is 0 Å². The largest absolute Gasteiger partial charge is 0.508 e. The molecule has 0 bridgehead atoms. The highest BCUT2D eigenvalue weighted by atomic mass is 79.9. The van der Waals surface area contributed by atoms with Crippen molar-refractivity contribution in [2.45, 2.75) is 33.6 Å². The predicted molar refractivity (Wildman–Crippen MR) is 90.5 cm³/mol. The molecule has 0 aliphatic rings. The van der Waals surface area contributed by atoms with E-state index in [2.05, 4.69) is 26.3 Å². The van der Waals surface area contributed by atoms with Crippen LogP contribution in [0.3, 0.4) is 0 Å². The molecule has 6 heteroatoms. The van der Waals surface area contributed by atoms with Crippen molar-refractivity contribution < 1.29 is 9.90 Å². The van der Waals surface area contributed by atoms with Gasteiger partial charge in [0.25, 0.3) is 5.91 Å². The summed E-state index contributed by atoms with van der Waals surface area (Å²) in [5.41, 5.74) is 3.52. The number of rotatable bonds is 3. The molecule has 1 heterocycles. The fourth-order valence-electron chi connectivity index (χ4n) is 2.22. The summed E-state index contributed by atoms with van der Waals surface area (Å²) in [6.45, 7) is 7.72. The fourth-order valence-corrected chi connectivity index (χ4v) is 2.73. The van der Waals surface area contributed by atoms with E-state index in [0.29, 0.717) is 15.9 Å². The Morgan fingerprint density at radius 3 is 2.50 bits per heavy atom. The van der Waals surface area contributed by atoms with Crippen LogP contribution in [0.4, 0.5) is 5.69 Å². The molecular weight excluding hydrogens is 346 g/mol. The quantitative estimate of drug-likeness (QED) is 0.811. The van der Waals surface area contributed by atoms with E-state index in [0.717, 1.165) is 16.8 Å². The molecule has 118 valence electrons. The molecule has 1 amide bonds. The van der Waals surface area contributed by atoms with Crippen LogP contribution >= 0.6 is 15.9 Å². The summed E-state index contributed by atoms with van der Waals surface area (Å²) in [7, 11) is 1.79. The second kappa shape index (κ2) is 6.12. The summed E-state index contributed by atoms with van der Waals surface area (Å²) in [5, 5.41) is 17.1. The highest BCUT2D eigenvalue weighted by Gasteiger charge is 2.19. The normalized spacial score (nSPS) is 11.0. The highest BCUT2D eigenvalue weighted by molar-refractivity contribution is 9.10. The summed E-state index contributed by atoms with van der Waals surface area (Å²) in [6.07, 6.45) is 0. The summed E-state index contributed by atoms with van der Waals surface area (Å²) < 4.78 is 2.34. The number of phenols is 1. The predicted octanol–water partition coefficient (Wildman–Crippen LogP) is 3.88. The minimum Gasteiger partial charge on any atom is -0.508 e. The molecule has 0 fully saturated rings. The van der Waals surface area contributed by atoms with E-state index in [-0.39, 0.29) is 17.6 Å². The molecule has 2 N–H and O–H groups in total. The van der Waals surface area contributed by atoms with Gasteiger partial charge in [0.1, 0.15) is 5.75 Å². The van der Waals surface area contributed by atoms with E-state index < -0.39 is 0 Å². The number of hydrogen-bond donors (Lipinski definition) is 2. The zero-order valence-electron chi connectivity index (χ0n) is 13.4. The van der Waals surface area contributed by atoms with Gasteiger partial charge in [0, 0.05) is 12.7 Å². The van der Waals surface area contributed by atoms with Gasteiger partial charge in [-0.2, -0.15) is 5.10 Å². The summed E-state index contributed by atoms with van der Waals surface area (Å²) in [5.74, 6) is 0.138. The number of aromatic nitrogens is 2. The lowest BCUT2D eigenvalue weighted by Crippen LogP contribution is -2.14. The smallest absolute Gasteiger partial charge is 0.277 e. The Hall–Kier alpha value is -1.82. The first-order chi connectivity index (χ1) is 10.2. The number of nitrogens with one attached hydrogen (secondary N) is 1. The average molecular weight is 366 g/mol. The molecule has 0 spiro atoms. The number of anilines is 1. The molecule has 0 saturated heterocycles. The molecule has 22 heavy (non-hydrogen) atoms. The fraction of sp³-hybridized carbons (Fsp3) is 0.375. The number of nitrogens with zero attached hydrogens (tertiary/aromatic N) is 2. The van der Waals surface area contributed by atoms with Crippen LogP contribution in [0, 0.1) is 13.8 Å². The van der Waals surface area contributed by atoms with Crippen molar-refractivity contribution in [1.29, 1.82) is 0 Å². The first-order valence-corrected chi connectivity index (χ1v) is 7.85. The number of aromatic hydroxyl groups is 1. The molecular formula is C16H20BrN3O2. The molecule has 0 saturated carbocycles. The standard InChI is InChI=1S/C16H20BrN3O2/c1-8(2)11-7-12(9(3)6-13(11)21)18-16(22)15-14(17)10(4)20(5)19-15/h6-8,21H,1-5H3,(H,18,22). The molecule has 5 nitrogen and oxygen atoms in total. The van der Waals surface area contributed by atoms with Crippen molar-refractivity contribution in [3.63, 3.8) is 0 Å². The third-order valence-corrected chi connectivity index (χ3v) is 4.67. The van der Waals surface area contributed by atoms with Gasteiger partial charge in [-0.25, -0.2) is 0 Å². The van der Waals surface area contributed by atoms with Crippen molar-refractivity contribution >= 4 is 27.5 Å². The zero-order valence-corrected chi connectivity index (χ0v) is 14.9. The van der Waals surface area contributed by atoms with E-state index in [9.17, 15) is 9.90 Å². The zero-order chi connectivity index (χ0) is 16.6. The van der Waals surface area contributed by atoms with Crippen LogP contribution in [0.25, 0.3) is 0 Å². The number of hydrogen-bond acceptors (Lipinski definition) is 3. The monoisotopic (exact) mass is 365 g/mol. The third kappa shape index (κ3) is 3.02. The molecule has 0 atom stereocenters. The Bertz CT molecular complexity index is 735. The van der Waals surface area contributed by atoms with Crippen molar-refractivity contribution in [2.75, 3.05) is 5.32 Å². The molecule has 1 aromatic carbocycles. The van der Waals surface area contributed by atoms with Gasteiger partial charge in [0.15, 0.2) is 5.69 Å². The molecule has 1 aromatic heterocycles. The van der Waals surface area contributed by atoms with Gasteiger partial charge in [-0.05, 0) is 59.0 Å². The lowest BCUT2D eigenvalue weighted by atomic mass is 9.99. The first-order valence-electron chi connectivity index (χ1n) is 7.06. The Labute approximate surface area is 138 Å². The molecule has 0 unspecified atom stereocenters. The van der Waals surface area contributed by atoms with Crippen LogP contribution in [0.5, 0.6) is 5.75 Å². The maximum atomic E-state index is 12.4. The lowest BCUT2D eigenvalue weighted by Gasteiger charge is -2.14. The topological polar surface area (TPSA) is 67.2 Å². The van der Waals surface area contributed by atoms with Crippen LogP contribution in [-0.2, 0) is 7.05 Å². The maximum absolute atomic E-state index is 12.4. The third-order valence-electron chi connectivity index (χ3n) is 3.72. The number of phenolic OH excluding ortho intramolecular Hbond substituents is 1. The number of benzene rings is 1. The number of carbonyl (C=O) groups is 1. The molecule has 2 aromatic rings. The van der Waals surface area contributed by atoms with E-state index in [1.165, 1.54) is 0 Å². The molecule has 0 aliphatic carbocycles. The lowest BCUT2D eigenvalue weighted by molar-refractivity contribution is 0.102. The van der Waals surface area contributed by atoms with E-state index in [1.54, 1.807) is 17.8 Å². The van der Waals surface area contributed by atoms with Gasteiger partial charge in [-0.3, -0.25) is 9.48 Å². The average Bonchev–Trinajstić information content (AvgIpc) is 2.69. The van der Waals surface area contributed by atoms with Crippen molar-refractivity contribution in [3.05, 3.63) is 39.1 Å². The van der Waals surface area contributed by atoms with Crippen LogP contribution in [0.1, 0.15) is 47.1 Å². The summed E-state index contributed by atoms with van der Waals surface area (Å²) in [6, 6.07) is 3.49. The molecule has 0 radical (unpaired) electrons. The van der Waals surface area contributed by atoms with Gasteiger partial charge in [-0.15, -0.1) is 0 Å².